The van der Waals surface area contributed by atoms with Crippen molar-refractivity contribution < 1.29 is 19.7 Å². The van der Waals surface area contributed by atoms with E-state index in [1.807, 2.05) is 0 Å². The van der Waals surface area contributed by atoms with Crippen molar-refractivity contribution in [2.75, 3.05) is 13.2 Å². The zero-order valence-electron chi connectivity index (χ0n) is 9.74. The van der Waals surface area contributed by atoms with E-state index in [0.29, 0.717) is 11.1 Å². The Bertz CT molecular complexity index is 258. The van der Waals surface area contributed by atoms with E-state index >= 15 is 0 Å². The number of ether oxygens (including phenoxy) is 1. The van der Waals surface area contributed by atoms with Crippen LogP contribution in [0.2, 0.25) is 0 Å². The molecule has 1 saturated carbocycles. The minimum absolute atomic E-state index is 0.00911. The molecule has 0 atom stereocenters. The van der Waals surface area contributed by atoms with E-state index < -0.39 is 5.97 Å². The van der Waals surface area contributed by atoms with Gasteiger partial charge in [-0.3, -0.25) is 0 Å². The van der Waals surface area contributed by atoms with Crippen LogP contribution in [0, 0.1) is 0 Å². The molecule has 0 saturated heterocycles. The van der Waals surface area contributed by atoms with Crippen LogP contribution in [0.5, 0.6) is 0 Å². The van der Waals surface area contributed by atoms with Crippen LogP contribution in [0.1, 0.15) is 39.0 Å². The molecular weight excluding hydrogens is 208 g/mol. The van der Waals surface area contributed by atoms with Crippen LogP contribution in [-0.2, 0) is 9.53 Å². The molecule has 1 aliphatic carbocycles. The lowest BCUT2D eigenvalue weighted by molar-refractivity contribution is -0.145. The number of carbonyl (C=O) groups is 1. The van der Waals surface area contributed by atoms with E-state index in [-0.39, 0.29) is 19.3 Å². The predicted octanol–water partition coefficient (Wildman–Crippen LogP) is 1.16. The van der Waals surface area contributed by atoms with Crippen LogP contribution < -0.4 is 0 Å². The molecule has 2 N–H and O–H groups in total. The Kier molecular flexibility index (Phi) is 5.49. The van der Waals surface area contributed by atoms with E-state index in [1.54, 1.807) is 6.92 Å². The average molecular weight is 228 g/mol. The number of rotatable bonds is 4. The maximum atomic E-state index is 11.7. The Morgan fingerprint density at radius 2 is 1.75 bits per heavy atom. The molecule has 0 heterocycles. The fourth-order valence-electron chi connectivity index (χ4n) is 1.85. The summed E-state index contributed by atoms with van der Waals surface area (Å²) >= 11 is 0. The van der Waals surface area contributed by atoms with Crippen LogP contribution in [0.3, 0.4) is 0 Å². The molecule has 1 rings (SSSR count). The molecule has 0 aromatic carbocycles. The molecule has 0 aromatic rings. The maximum absolute atomic E-state index is 11.7. The number of esters is 1. The molecule has 1 aliphatic rings. The van der Waals surface area contributed by atoms with Crippen molar-refractivity contribution in [3.8, 4) is 0 Å². The molecule has 0 bridgehead atoms. The largest absolute Gasteiger partial charge is 0.459 e. The monoisotopic (exact) mass is 228 g/mol. The van der Waals surface area contributed by atoms with Crippen LogP contribution >= 0.6 is 0 Å². The smallest absolute Gasteiger partial charge is 0.334 e. The Balaban J connectivity index is 2.53. The Morgan fingerprint density at radius 3 is 2.25 bits per heavy atom. The van der Waals surface area contributed by atoms with Gasteiger partial charge in [0.15, 0.2) is 0 Å². The minimum Gasteiger partial charge on any atom is -0.459 e. The van der Waals surface area contributed by atoms with Crippen LogP contribution in [0.15, 0.2) is 11.1 Å². The highest BCUT2D eigenvalue weighted by atomic mass is 16.5. The molecule has 4 heteroatoms. The van der Waals surface area contributed by atoms with Crippen LogP contribution in [-0.4, -0.2) is 35.5 Å². The molecule has 16 heavy (non-hydrogen) atoms. The normalized spacial score (nSPS) is 16.9. The molecule has 92 valence electrons. The van der Waals surface area contributed by atoms with Gasteiger partial charge in [-0.25, -0.2) is 4.79 Å². The highest BCUT2D eigenvalue weighted by Gasteiger charge is 2.19. The Hall–Kier alpha value is -0.870. The maximum Gasteiger partial charge on any atom is 0.334 e. The van der Waals surface area contributed by atoms with Crippen molar-refractivity contribution in [1.29, 1.82) is 0 Å². The summed E-state index contributed by atoms with van der Waals surface area (Å²) in [4.78, 5) is 11.7. The fraction of sp³-hybridized carbons (Fsp3) is 0.750. The lowest BCUT2D eigenvalue weighted by atomic mass is 9.98. The second-order valence-corrected chi connectivity index (χ2v) is 4.21. The Morgan fingerprint density at radius 1 is 1.19 bits per heavy atom. The van der Waals surface area contributed by atoms with Crippen molar-refractivity contribution in [3.63, 3.8) is 0 Å². The first-order valence-corrected chi connectivity index (χ1v) is 5.80. The molecule has 1 fully saturated rings. The van der Waals surface area contributed by atoms with Crippen molar-refractivity contribution in [1.82, 2.24) is 0 Å². The predicted molar refractivity (Wildman–Crippen MR) is 59.8 cm³/mol. The summed E-state index contributed by atoms with van der Waals surface area (Å²) in [6.07, 6.45) is 5.27. The first-order chi connectivity index (χ1) is 7.69. The average Bonchev–Trinajstić information content (AvgIpc) is 2.31. The summed E-state index contributed by atoms with van der Waals surface area (Å²) < 4.78 is 5.32. The first kappa shape index (κ1) is 13.2. The summed E-state index contributed by atoms with van der Waals surface area (Å²) in [6, 6.07) is 0. The molecular formula is C12H20O4. The van der Waals surface area contributed by atoms with Crippen molar-refractivity contribution in [2.24, 2.45) is 0 Å². The second kappa shape index (κ2) is 6.66. The molecule has 0 amide bonds. The molecule has 0 unspecified atom stereocenters. The van der Waals surface area contributed by atoms with E-state index in [4.69, 9.17) is 14.9 Å². The summed E-state index contributed by atoms with van der Waals surface area (Å²) in [6.45, 7) is 0.969. The van der Waals surface area contributed by atoms with Gasteiger partial charge in [0, 0.05) is 5.57 Å². The van der Waals surface area contributed by atoms with Crippen molar-refractivity contribution in [3.05, 3.63) is 11.1 Å². The van der Waals surface area contributed by atoms with Gasteiger partial charge < -0.3 is 14.9 Å². The van der Waals surface area contributed by atoms with Gasteiger partial charge >= 0.3 is 5.97 Å². The number of aliphatic hydroxyl groups is 2. The van der Waals surface area contributed by atoms with Gasteiger partial charge in [0.25, 0.3) is 0 Å². The van der Waals surface area contributed by atoms with E-state index in [9.17, 15) is 4.79 Å². The summed E-state index contributed by atoms with van der Waals surface area (Å²) in [5.74, 6) is -0.412. The van der Waals surface area contributed by atoms with E-state index in [1.165, 1.54) is 6.42 Å². The summed E-state index contributed by atoms with van der Waals surface area (Å²) in [5, 5.41) is 17.9. The topological polar surface area (TPSA) is 66.8 Å². The van der Waals surface area contributed by atoms with Gasteiger partial charge in [0.2, 0.25) is 0 Å². The zero-order chi connectivity index (χ0) is 12.0. The Labute approximate surface area is 95.9 Å². The zero-order valence-corrected chi connectivity index (χ0v) is 9.74. The van der Waals surface area contributed by atoms with Crippen LogP contribution in [0.25, 0.3) is 0 Å². The third kappa shape index (κ3) is 3.61. The van der Waals surface area contributed by atoms with Gasteiger partial charge in [-0.15, -0.1) is 0 Å². The minimum atomic E-state index is -0.412. The SMILES string of the molecule is CC(C(=O)OC1CCCCC1)=C(CO)CO. The lowest BCUT2D eigenvalue weighted by Crippen LogP contribution is -2.22. The number of carbonyl (C=O) groups excluding carboxylic acids is 1. The van der Waals surface area contributed by atoms with Crippen molar-refractivity contribution in [2.45, 2.75) is 45.1 Å². The number of aliphatic hydroxyl groups excluding tert-OH is 2. The number of hydrogen-bond donors (Lipinski definition) is 2. The van der Waals surface area contributed by atoms with Crippen molar-refractivity contribution >= 4 is 5.97 Å². The molecule has 4 nitrogen and oxygen atoms in total. The molecule has 0 radical (unpaired) electrons. The quantitative estimate of drug-likeness (QED) is 0.560. The molecule has 0 spiro atoms. The van der Waals surface area contributed by atoms with Crippen LogP contribution in [0.4, 0.5) is 0 Å². The number of hydrogen-bond acceptors (Lipinski definition) is 4. The molecule has 0 aliphatic heterocycles. The summed E-state index contributed by atoms with van der Waals surface area (Å²) in [5.41, 5.74) is 0.663. The fourth-order valence-corrected chi connectivity index (χ4v) is 1.85. The third-order valence-electron chi connectivity index (χ3n) is 3.04. The highest BCUT2D eigenvalue weighted by Crippen LogP contribution is 2.21. The highest BCUT2D eigenvalue weighted by molar-refractivity contribution is 5.88. The standard InChI is InChI=1S/C12H20O4/c1-9(10(7-13)8-14)12(15)16-11-5-3-2-4-6-11/h11,13-14H,2-8H2,1H3. The van der Waals surface area contributed by atoms with E-state index in [2.05, 4.69) is 0 Å². The van der Waals surface area contributed by atoms with Gasteiger partial charge in [-0.1, -0.05) is 6.42 Å². The van der Waals surface area contributed by atoms with E-state index in [0.717, 1.165) is 25.7 Å². The third-order valence-corrected chi connectivity index (χ3v) is 3.04. The lowest BCUT2D eigenvalue weighted by Gasteiger charge is -2.22. The summed E-state index contributed by atoms with van der Waals surface area (Å²) in [7, 11) is 0. The van der Waals surface area contributed by atoms with Gasteiger partial charge in [0.05, 0.1) is 13.2 Å². The first-order valence-electron chi connectivity index (χ1n) is 5.80. The van der Waals surface area contributed by atoms with Gasteiger partial charge in [-0.2, -0.15) is 0 Å². The van der Waals surface area contributed by atoms with Gasteiger partial charge in [0.1, 0.15) is 6.10 Å². The van der Waals surface area contributed by atoms with Gasteiger partial charge in [-0.05, 0) is 38.2 Å². The second-order valence-electron chi connectivity index (χ2n) is 4.21. The molecule has 0 aromatic heterocycles.